The second kappa shape index (κ2) is 8.94. The number of ether oxygens (including phenoxy) is 1. The van der Waals surface area contributed by atoms with E-state index in [1.54, 1.807) is 0 Å². The third-order valence-corrected chi connectivity index (χ3v) is 3.31. The van der Waals surface area contributed by atoms with Crippen molar-refractivity contribution in [3.63, 3.8) is 0 Å². The molecular weight excluding hydrogens is 262 g/mol. The van der Waals surface area contributed by atoms with Crippen molar-refractivity contribution in [2.45, 2.75) is 25.7 Å². The first-order valence-corrected chi connectivity index (χ1v) is 6.76. The van der Waals surface area contributed by atoms with Crippen molar-refractivity contribution >= 4 is 5.97 Å². The van der Waals surface area contributed by atoms with Gasteiger partial charge in [-0.3, -0.25) is 9.69 Å². The van der Waals surface area contributed by atoms with Gasteiger partial charge in [-0.25, -0.2) is 0 Å². The molecule has 3 nitrogen and oxygen atoms in total. The van der Waals surface area contributed by atoms with Crippen LogP contribution >= 0.6 is 0 Å². The zero-order chi connectivity index (χ0) is 12.6. The number of hydrogen-bond donors (Lipinski definition) is 0. The predicted molar refractivity (Wildman–Crippen MR) is 72.5 cm³/mol. The zero-order valence-electron chi connectivity index (χ0n) is 12.2. The minimum atomic E-state index is -0.127. The first-order chi connectivity index (χ1) is 8.84. The molecular formula is C15H22ClNO2. The Balaban J connectivity index is 0.00000180. The van der Waals surface area contributed by atoms with Gasteiger partial charge in [-0.05, 0) is 31.5 Å². The van der Waals surface area contributed by atoms with Crippen LogP contribution in [0.5, 0.6) is 0 Å². The summed E-state index contributed by atoms with van der Waals surface area (Å²) < 4.78 is 5.27. The highest BCUT2D eigenvalue weighted by Gasteiger charge is 2.10. The lowest BCUT2D eigenvalue weighted by Crippen LogP contribution is -3.00. The average molecular weight is 284 g/mol. The number of halogens is 1. The van der Waals surface area contributed by atoms with Gasteiger partial charge in [-0.2, -0.15) is 0 Å². The molecule has 0 radical (unpaired) electrons. The van der Waals surface area contributed by atoms with E-state index in [0.29, 0.717) is 13.0 Å². The van der Waals surface area contributed by atoms with Gasteiger partial charge in [0.15, 0.2) is 0 Å². The normalized spacial score (nSPS) is 15.6. The molecule has 0 bridgehead atoms. The topological polar surface area (TPSA) is 29.5 Å². The molecule has 19 heavy (non-hydrogen) atoms. The van der Waals surface area contributed by atoms with Gasteiger partial charge in [0, 0.05) is 6.54 Å². The number of likely N-dealkylation sites (tertiary alicyclic amines) is 1. The van der Waals surface area contributed by atoms with Crippen LogP contribution in [0.1, 0.15) is 26.3 Å². The number of benzene rings is 1. The zero-order valence-corrected chi connectivity index (χ0v) is 11.9. The minimum Gasteiger partial charge on any atom is -1.00 e. The standard InChI is InChI=1S/C15H21NO2.ClH/c17-15(13-14-7-3-1-4-8-14)18-12-11-16-9-5-2-6-10-16;/h1,3-4,7-8H,2,5-6,9-13H2;1H. The summed E-state index contributed by atoms with van der Waals surface area (Å²) >= 11 is 0. The highest BCUT2D eigenvalue weighted by atomic mass is 35.5. The van der Waals surface area contributed by atoms with Crippen molar-refractivity contribution in [3.05, 3.63) is 35.9 Å². The fourth-order valence-corrected chi connectivity index (χ4v) is 2.29. The van der Waals surface area contributed by atoms with E-state index < -0.39 is 0 Å². The molecule has 1 aromatic rings. The molecule has 0 unspecified atom stereocenters. The lowest BCUT2D eigenvalue weighted by atomic mass is 10.1. The van der Waals surface area contributed by atoms with Gasteiger partial charge in [0.25, 0.3) is 0 Å². The molecule has 0 N–H and O–H groups in total. The van der Waals surface area contributed by atoms with Gasteiger partial charge >= 0.3 is 7.40 Å². The Morgan fingerprint density at radius 2 is 1.84 bits per heavy atom. The van der Waals surface area contributed by atoms with E-state index in [1.807, 2.05) is 30.3 Å². The maximum Gasteiger partial charge on any atom is 1.00 e. The largest absolute Gasteiger partial charge is 1.00 e. The summed E-state index contributed by atoms with van der Waals surface area (Å²) in [5, 5.41) is 0. The van der Waals surface area contributed by atoms with Crippen LogP contribution in [0.25, 0.3) is 0 Å². The van der Waals surface area contributed by atoms with Gasteiger partial charge in [0.1, 0.15) is 6.61 Å². The van der Waals surface area contributed by atoms with Gasteiger partial charge < -0.3 is 17.1 Å². The Morgan fingerprint density at radius 1 is 1.16 bits per heavy atom. The molecule has 0 atom stereocenters. The van der Waals surface area contributed by atoms with Crippen LogP contribution < -0.4 is 12.4 Å². The van der Waals surface area contributed by atoms with Crippen LogP contribution in [-0.2, 0) is 16.0 Å². The number of rotatable bonds is 5. The number of esters is 1. The SMILES string of the molecule is O=C(Cc1ccccc1)OCCN1CCCCC1.[Cl-].[H+]. The van der Waals surface area contributed by atoms with Crippen molar-refractivity contribution in [1.29, 1.82) is 0 Å². The van der Waals surface area contributed by atoms with E-state index in [0.717, 1.165) is 25.2 Å². The van der Waals surface area contributed by atoms with E-state index in [1.165, 1.54) is 19.3 Å². The van der Waals surface area contributed by atoms with Crippen LogP contribution in [0.3, 0.4) is 0 Å². The van der Waals surface area contributed by atoms with Gasteiger partial charge in [0.2, 0.25) is 0 Å². The Labute approximate surface area is 122 Å². The summed E-state index contributed by atoms with van der Waals surface area (Å²) in [6.45, 7) is 3.69. The third kappa shape index (κ3) is 6.08. The van der Waals surface area contributed by atoms with Crippen molar-refractivity contribution < 1.29 is 23.4 Å². The number of nitrogens with zero attached hydrogens (tertiary/aromatic N) is 1. The fraction of sp³-hybridized carbons (Fsp3) is 0.533. The molecule has 2 rings (SSSR count). The smallest absolute Gasteiger partial charge is 1.00 e. The Kier molecular flexibility index (Phi) is 7.53. The molecule has 1 saturated heterocycles. The van der Waals surface area contributed by atoms with Crippen LogP contribution in [-0.4, -0.2) is 37.1 Å². The van der Waals surface area contributed by atoms with Crippen LogP contribution in [0.2, 0.25) is 0 Å². The Morgan fingerprint density at radius 3 is 2.53 bits per heavy atom. The molecule has 1 aliphatic heterocycles. The number of piperidine rings is 1. The van der Waals surface area contributed by atoms with Gasteiger partial charge in [-0.1, -0.05) is 36.8 Å². The average Bonchev–Trinajstić information content (AvgIpc) is 2.41. The molecule has 1 heterocycles. The van der Waals surface area contributed by atoms with Crippen LogP contribution in [0, 0.1) is 0 Å². The summed E-state index contributed by atoms with van der Waals surface area (Å²) in [7, 11) is 0. The summed E-state index contributed by atoms with van der Waals surface area (Å²) in [4.78, 5) is 14.0. The van der Waals surface area contributed by atoms with Crippen molar-refractivity contribution in [1.82, 2.24) is 4.90 Å². The second-order valence-electron chi connectivity index (χ2n) is 4.79. The number of carbonyl (C=O) groups is 1. The van der Waals surface area contributed by atoms with E-state index >= 15 is 0 Å². The predicted octanol–water partition coefficient (Wildman–Crippen LogP) is -0.625. The Bertz CT molecular complexity index is 369. The van der Waals surface area contributed by atoms with Crippen LogP contribution in [0.15, 0.2) is 30.3 Å². The monoisotopic (exact) mass is 283 g/mol. The first-order valence-electron chi connectivity index (χ1n) is 6.76. The fourth-order valence-electron chi connectivity index (χ4n) is 2.29. The minimum absolute atomic E-state index is 0. The quantitative estimate of drug-likeness (QED) is 0.675. The van der Waals surface area contributed by atoms with Crippen molar-refractivity contribution in [2.24, 2.45) is 0 Å². The second-order valence-corrected chi connectivity index (χ2v) is 4.79. The molecule has 0 aliphatic carbocycles. The van der Waals surface area contributed by atoms with Crippen molar-refractivity contribution in [2.75, 3.05) is 26.2 Å². The van der Waals surface area contributed by atoms with Crippen LogP contribution in [0.4, 0.5) is 0 Å². The summed E-state index contributed by atoms with van der Waals surface area (Å²) in [5.74, 6) is -0.127. The molecule has 1 aromatic carbocycles. The third-order valence-electron chi connectivity index (χ3n) is 3.31. The van der Waals surface area contributed by atoms with Gasteiger partial charge in [0.05, 0.1) is 6.42 Å². The number of hydrogen-bond acceptors (Lipinski definition) is 3. The molecule has 0 saturated carbocycles. The number of carbonyl (C=O) groups excluding carboxylic acids is 1. The Hall–Kier alpha value is -1.06. The summed E-state index contributed by atoms with van der Waals surface area (Å²) in [6, 6.07) is 9.73. The van der Waals surface area contributed by atoms with E-state index in [-0.39, 0.29) is 19.8 Å². The maximum absolute atomic E-state index is 11.6. The highest BCUT2D eigenvalue weighted by Crippen LogP contribution is 2.08. The molecule has 106 valence electrons. The van der Waals surface area contributed by atoms with Gasteiger partial charge in [-0.15, -0.1) is 0 Å². The van der Waals surface area contributed by atoms with E-state index in [2.05, 4.69) is 4.90 Å². The molecule has 0 spiro atoms. The summed E-state index contributed by atoms with van der Waals surface area (Å²) in [5.41, 5.74) is 1.01. The summed E-state index contributed by atoms with van der Waals surface area (Å²) in [6.07, 6.45) is 4.26. The van der Waals surface area contributed by atoms with Crippen molar-refractivity contribution in [3.8, 4) is 0 Å². The first kappa shape index (κ1) is 16.0. The molecule has 0 aromatic heterocycles. The molecule has 0 amide bonds. The molecule has 4 heteroatoms. The van der Waals surface area contributed by atoms with E-state index in [9.17, 15) is 4.79 Å². The lowest BCUT2D eigenvalue weighted by molar-refractivity contribution is -0.143. The lowest BCUT2D eigenvalue weighted by Gasteiger charge is -2.25. The molecule has 1 fully saturated rings. The highest BCUT2D eigenvalue weighted by molar-refractivity contribution is 5.72. The maximum atomic E-state index is 11.6. The molecule has 1 aliphatic rings. The van der Waals surface area contributed by atoms with E-state index in [4.69, 9.17) is 4.74 Å².